The molecule has 1 aliphatic heterocycles. The average Bonchev–Trinajstić information content (AvgIpc) is 2.09. The molecule has 4 heteroatoms. The third kappa shape index (κ3) is 2.45. The zero-order valence-corrected chi connectivity index (χ0v) is 9.12. The number of esters is 1. The number of aliphatic hydroxyl groups excluding tert-OH is 1. The molecule has 0 atom stereocenters. The van der Waals surface area contributed by atoms with Gasteiger partial charge in [0.05, 0.1) is 12.5 Å². The Hall–Kier alpha value is -0.610. The molecule has 0 saturated carbocycles. The number of carbonyl (C=O) groups is 1. The first-order valence-electron chi connectivity index (χ1n) is 4.91. The van der Waals surface area contributed by atoms with Crippen LogP contribution in [-0.4, -0.2) is 49.3 Å². The zero-order chi connectivity index (χ0) is 10.8. The highest BCUT2D eigenvalue weighted by Crippen LogP contribution is 2.24. The maximum absolute atomic E-state index is 11.4. The number of rotatable bonds is 4. The summed E-state index contributed by atoms with van der Waals surface area (Å²) >= 11 is 0. The van der Waals surface area contributed by atoms with Crippen LogP contribution in [0.1, 0.15) is 13.8 Å². The number of likely N-dealkylation sites (tertiary alicyclic amines) is 1. The fraction of sp³-hybridized carbons (Fsp3) is 0.900. The topological polar surface area (TPSA) is 49.8 Å². The number of ether oxygens (including phenoxy) is 1. The fourth-order valence-corrected chi connectivity index (χ4v) is 1.82. The number of hydrogen-bond acceptors (Lipinski definition) is 4. The Morgan fingerprint density at radius 1 is 1.57 bits per heavy atom. The van der Waals surface area contributed by atoms with Crippen LogP contribution in [0.15, 0.2) is 0 Å². The molecule has 14 heavy (non-hydrogen) atoms. The average molecular weight is 201 g/mol. The van der Waals surface area contributed by atoms with Gasteiger partial charge in [-0.05, 0) is 13.8 Å². The van der Waals surface area contributed by atoms with Crippen molar-refractivity contribution in [3.8, 4) is 0 Å². The van der Waals surface area contributed by atoms with Crippen LogP contribution in [0, 0.1) is 11.3 Å². The van der Waals surface area contributed by atoms with E-state index in [2.05, 4.69) is 4.90 Å². The van der Waals surface area contributed by atoms with Gasteiger partial charge in [-0.25, -0.2) is 0 Å². The molecule has 1 heterocycles. The van der Waals surface area contributed by atoms with Crippen molar-refractivity contribution in [3.05, 3.63) is 0 Å². The Bertz CT molecular complexity index is 209. The SMILES string of the molecule is COC(=O)C(C)(C)CN1CC(CO)C1. The summed E-state index contributed by atoms with van der Waals surface area (Å²) in [5, 5.41) is 8.84. The molecular formula is C10H19NO3. The minimum absolute atomic E-state index is 0.176. The van der Waals surface area contributed by atoms with Crippen LogP contribution in [0.25, 0.3) is 0 Å². The van der Waals surface area contributed by atoms with Crippen LogP contribution in [0.4, 0.5) is 0 Å². The molecule has 1 N–H and O–H groups in total. The van der Waals surface area contributed by atoms with E-state index >= 15 is 0 Å². The molecule has 1 aliphatic rings. The van der Waals surface area contributed by atoms with Gasteiger partial charge in [0, 0.05) is 32.2 Å². The van der Waals surface area contributed by atoms with Gasteiger partial charge in [0.1, 0.15) is 0 Å². The highest BCUT2D eigenvalue weighted by atomic mass is 16.5. The minimum Gasteiger partial charge on any atom is -0.469 e. The quantitative estimate of drug-likeness (QED) is 0.656. The van der Waals surface area contributed by atoms with Crippen LogP contribution in [0.5, 0.6) is 0 Å². The molecular weight excluding hydrogens is 182 g/mol. The Labute approximate surface area is 84.8 Å². The Morgan fingerprint density at radius 3 is 2.57 bits per heavy atom. The van der Waals surface area contributed by atoms with Crippen molar-refractivity contribution in [1.29, 1.82) is 0 Å². The summed E-state index contributed by atoms with van der Waals surface area (Å²) in [5.41, 5.74) is -0.449. The lowest BCUT2D eigenvalue weighted by molar-refractivity contribution is -0.153. The summed E-state index contributed by atoms with van der Waals surface area (Å²) in [6, 6.07) is 0. The number of aliphatic hydroxyl groups is 1. The predicted octanol–water partition coefficient (Wildman–Crippen LogP) is 0.110. The predicted molar refractivity (Wildman–Crippen MR) is 52.8 cm³/mol. The highest BCUT2D eigenvalue weighted by Gasteiger charge is 2.35. The molecule has 0 aromatic heterocycles. The van der Waals surface area contributed by atoms with Gasteiger partial charge in [0.15, 0.2) is 0 Å². The van der Waals surface area contributed by atoms with Gasteiger partial charge in [-0.2, -0.15) is 0 Å². The maximum atomic E-state index is 11.4. The summed E-state index contributed by atoms with van der Waals surface area (Å²) in [7, 11) is 1.41. The lowest BCUT2D eigenvalue weighted by atomic mass is 9.89. The number of nitrogens with zero attached hydrogens (tertiary/aromatic N) is 1. The van der Waals surface area contributed by atoms with E-state index in [1.54, 1.807) is 0 Å². The van der Waals surface area contributed by atoms with Crippen molar-refractivity contribution < 1.29 is 14.6 Å². The summed E-state index contributed by atoms with van der Waals surface area (Å²) in [6.07, 6.45) is 0. The van der Waals surface area contributed by atoms with Gasteiger partial charge < -0.3 is 14.7 Å². The highest BCUT2D eigenvalue weighted by molar-refractivity contribution is 5.76. The molecule has 0 aromatic rings. The third-order valence-electron chi connectivity index (χ3n) is 2.65. The van der Waals surface area contributed by atoms with E-state index < -0.39 is 5.41 Å². The van der Waals surface area contributed by atoms with E-state index in [4.69, 9.17) is 9.84 Å². The summed E-state index contributed by atoms with van der Waals surface area (Å²) in [5.74, 6) is 0.216. The monoisotopic (exact) mass is 201 g/mol. The van der Waals surface area contributed by atoms with Gasteiger partial charge in [0.25, 0.3) is 0 Å². The molecule has 1 saturated heterocycles. The molecule has 0 aliphatic carbocycles. The van der Waals surface area contributed by atoms with Crippen LogP contribution in [-0.2, 0) is 9.53 Å². The lowest BCUT2D eigenvalue weighted by Crippen LogP contribution is -2.53. The van der Waals surface area contributed by atoms with Gasteiger partial charge >= 0.3 is 5.97 Å². The minimum atomic E-state index is -0.449. The largest absolute Gasteiger partial charge is 0.469 e. The van der Waals surface area contributed by atoms with Crippen molar-refractivity contribution in [1.82, 2.24) is 4.90 Å². The van der Waals surface area contributed by atoms with E-state index in [9.17, 15) is 4.79 Å². The van der Waals surface area contributed by atoms with E-state index in [1.165, 1.54) is 7.11 Å². The first-order valence-corrected chi connectivity index (χ1v) is 4.91. The van der Waals surface area contributed by atoms with Gasteiger partial charge in [-0.15, -0.1) is 0 Å². The molecule has 0 radical (unpaired) electrons. The molecule has 0 aromatic carbocycles. The van der Waals surface area contributed by atoms with Crippen LogP contribution in [0.3, 0.4) is 0 Å². The second kappa shape index (κ2) is 4.28. The smallest absolute Gasteiger partial charge is 0.312 e. The van der Waals surface area contributed by atoms with Crippen molar-refractivity contribution in [2.75, 3.05) is 33.4 Å². The van der Waals surface area contributed by atoms with E-state index in [-0.39, 0.29) is 12.6 Å². The Morgan fingerprint density at radius 2 is 2.14 bits per heavy atom. The molecule has 1 fully saturated rings. The van der Waals surface area contributed by atoms with E-state index in [0.717, 1.165) is 13.1 Å². The number of carbonyl (C=O) groups excluding carboxylic acids is 1. The molecule has 0 bridgehead atoms. The standard InChI is InChI=1S/C10H19NO3/c1-10(2,9(13)14-3)7-11-4-8(5-11)6-12/h8,12H,4-7H2,1-3H3. The summed E-state index contributed by atoms with van der Waals surface area (Å²) in [4.78, 5) is 13.5. The Kier molecular flexibility index (Phi) is 3.50. The maximum Gasteiger partial charge on any atom is 0.312 e. The van der Waals surface area contributed by atoms with Crippen molar-refractivity contribution in [2.24, 2.45) is 11.3 Å². The van der Waals surface area contributed by atoms with Gasteiger partial charge in [-0.1, -0.05) is 0 Å². The fourth-order valence-electron chi connectivity index (χ4n) is 1.82. The van der Waals surface area contributed by atoms with Crippen molar-refractivity contribution in [2.45, 2.75) is 13.8 Å². The first kappa shape index (κ1) is 11.5. The van der Waals surface area contributed by atoms with Crippen LogP contribution in [0.2, 0.25) is 0 Å². The molecule has 1 rings (SSSR count). The first-order chi connectivity index (χ1) is 6.49. The molecule has 0 unspecified atom stereocenters. The van der Waals surface area contributed by atoms with Crippen LogP contribution < -0.4 is 0 Å². The third-order valence-corrected chi connectivity index (χ3v) is 2.65. The number of methoxy groups -OCH3 is 1. The molecule has 82 valence electrons. The zero-order valence-electron chi connectivity index (χ0n) is 9.12. The second-order valence-corrected chi connectivity index (χ2v) is 4.62. The molecule has 4 nitrogen and oxygen atoms in total. The molecule has 0 spiro atoms. The summed E-state index contributed by atoms with van der Waals surface area (Å²) < 4.78 is 4.72. The second-order valence-electron chi connectivity index (χ2n) is 4.62. The van der Waals surface area contributed by atoms with E-state index in [1.807, 2.05) is 13.8 Å². The molecule has 0 amide bonds. The van der Waals surface area contributed by atoms with Gasteiger partial charge in [-0.3, -0.25) is 4.79 Å². The van der Waals surface area contributed by atoms with E-state index in [0.29, 0.717) is 12.5 Å². The lowest BCUT2D eigenvalue weighted by Gasteiger charge is -2.41. The van der Waals surface area contributed by atoms with Gasteiger partial charge in [0.2, 0.25) is 0 Å². The van der Waals surface area contributed by atoms with Crippen molar-refractivity contribution in [3.63, 3.8) is 0 Å². The number of hydrogen-bond donors (Lipinski definition) is 1. The Balaban J connectivity index is 2.34. The summed E-state index contributed by atoms with van der Waals surface area (Å²) in [6.45, 7) is 6.48. The normalized spacial score (nSPS) is 19.1. The van der Waals surface area contributed by atoms with Crippen molar-refractivity contribution >= 4 is 5.97 Å². The van der Waals surface area contributed by atoms with Crippen LogP contribution >= 0.6 is 0 Å².